The van der Waals surface area contributed by atoms with Crippen LogP contribution >= 0.6 is 0 Å². The largest absolute Gasteiger partial charge is 0.382 e. The zero-order chi connectivity index (χ0) is 16.1. The third-order valence-electron chi connectivity index (χ3n) is 5.29. The standard InChI is InChI=1S/C19H27NO3/c1-22-14-17-13-19(15-23-17)9-11-20(12-10-19)18(21)8-7-16-5-3-2-4-6-16/h2-6,17H,7-15H2,1H3. The first-order chi connectivity index (χ1) is 11.2. The van der Waals surface area contributed by atoms with Gasteiger partial charge in [-0.2, -0.15) is 0 Å². The molecule has 2 aliphatic heterocycles. The molecule has 1 amide bonds. The van der Waals surface area contributed by atoms with Gasteiger partial charge in [-0.15, -0.1) is 0 Å². The van der Waals surface area contributed by atoms with Crippen molar-refractivity contribution in [3.05, 3.63) is 35.9 Å². The summed E-state index contributed by atoms with van der Waals surface area (Å²) < 4.78 is 11.1. The van der Waals surface area contributed by atoms with E-state index >= 15 is 0 Å². The molecule has 126 valence electrons. The molecule has 4 heteroatoms. The highest BCUT2D eigenvalue weighted by molar-refractivity contribution is 5.76. The number of hydrogen-bond donors (Lipinski definition) is 0. The van der Waals surface area contributed by atoms with Crippen molar-refractivity contribution in [2.75, 3.05) is 33.4 Å². The van der Waals surface area contributed by atoms with Crippen LogP contribution in [0.2, 0.25) is 0 Å². The van der Waals surface area contributed by atoms with Crippen molar-refractivity contribution in [2.24, 2.45) is 5.41 Å². The van der Waals surface area contributed by atoms with E-state index in [1.807, 2.05) is 23.1 Å². The second kappa shape index (κ2) is 7.45. The number of rotatable bonds is 5. The van der Waals surface area contributed by atoms with Crippen molar-refractivity contribution in [3.63, 3.8) is 0 Å². The third-order valence-corrected chi connectivity index (χ3v) is 5.29. The number of carbonyl (C=O) groups excluding carboxylic acids is 1. The second-order valence-corrected chi connectivity index (χ2v) is 6.96. The normalized spacial score (nSPS) is 23.3. The van der Waals surface area contributed by atoms with Crippen molar-refractivity contribution >= 4 is 5.91 Å². The minimum Gasteiger partial charge on any atom is -0.382 e. The first-order valence-electron chi connectivity index (χ1n) is 8.63. The number of benzene rings is 1. The number of amides is 1. The molecule has 0 saturated carbocycles. The Morgan fingerprint density at radius 1 is 1.30 bits per heavy atom. The van der Waals surface area contributed by atoms with E-state index in [4.69, 9.17) is 9.47 Å². The maximum atomic E-state index is 12.4. The number of ether oxygens (including phenoxy) is 2. The van der Waals surface area contributed by atoms with E-state index in [-0.39, 0.29) is 17.4 Å². The van der Waals surface area contributed by atoms with Crippen LogP contribution < -0.4 is 0 Å². The summed E-state index contributed by atoms with van der Waals surface area (Å²) >= 11 is 0. The van der Waals surface area contributed by atoms with Crippen molar-refractivity contribution in [2.45, 2.75) is 38.2 Å². The van der Waals surface area contributed by atoms with Gasteiger partial charge < -0.3 is 14.4 Å². The second-order valence-electron chi connectivity index (χ2n) is 6.96. The van der Waals surface area contributed by atoms with Gasteiger partial charge in [0.05, 0.1) is 19.3 Å². The van der Waals surface area contributed by atoms with Crippen molar-refractivity contribution in [1.29, 1.82) is 0 Å². The Morgan fingerprint density at radius 3 is 2.74 bits per heavy atom. The van der Waals surface area contributed by atoms with E-state index in [0.717, 1.165) is 45.4 Å². The number of aryl methyl sites for hydroxylation is 1. The van der Waals surface area contributed by atoms with Crippen LogP contribution in [0.1, 0.15) is 31.2 Å². The molecule has 2 fully saturated rings. The predicted octanol–water partition coefficient (Wildman–Crippen LogP) is 2.66. The van der Waals surface area contributed by atoms with Crippen molar-refractivity contribution in [1.82, 2.24) is 4.90 Å². The minimum atomic E-state index is 0.236. The molecule has 0 N–H and O–H groups in total. The summed E-state index contributed by atoms with van der Waals surface area (Å²) in [7, 11) is 1.72. The topological polar surface area (TPSA) is 38.8 Å². The molecule has 4 nitrogen and oxygen atoms in total. The molecule has 0 bridgehead atoms. The summed E-state index contributed by atoms with van der Waals surface area (Å²) in [5.74, 6) is 0.288. The summed E-state index contributed by atoms with van der Waals surface area (Å²) in [5.41, 5.74) is 1.51. The van der Waals surface area contributed by atoms with Gasteiger partial charge in [-0.25, -0.2) is 0 Å². The number of carbonyl (C=O) groups is 1. The number of methoxy groups -OCH3 is 1. The summed E-state index contributed by atoms with van der Waals surface area (Å²) in [4.78, 5) is 14.5. The fourth-order valence-corrected chi connectivity index (χ4v) is 3.82. The lowest BCUT2D eigenvalue weighted by molar-refractivity contribution is -0.133. The van der Waals surface area contributed by atoms with Gasteiger partial charge in [-0.05, 0) is 36.7 Å². The van der Waals surface area contributed by atoms with Crippen LogP contribution in [0.15, 0.2) is 30.3 Å². The van der Waals surface area contributed by atoms with Gasteiger partial charge in [-0.1, -0.05) is 30.3 Å². The average molecular weight is 317 g/mol. The molecule has 1 unspecified atom stereocenters. The molecule has 2 heterocycles. The van der Waals surface area contributed by atoms with Crippen LogP contribution in [0, 0.1) is 5.41 Å². The lowest BCUT2D eigenvalue weighted by Crippen LogP contribution is -2.43. The molecule has 0 aromatic heterocycles. The van der Waals surface area contributed by atoms with E-state index < -0.39 is 0 Å². The monoisotopic (exact) mass is 317 g/mol. The van der Waals surface area contributed by atoms with Crippen LogP contribution in [0.5, 0.6) is 0 Å². The molecule has 1 aromatic carbocycles. The van der Waals surface area contributed by atoms with E-state index in [1.54, 1.807) is 7.11 Å². The van der Waals surface area contributed by atoms with E-state index in [0.29, 0.717) is 13.0 Å². The SMILES string of the molecule is COCC1CC2(CCN(C(=O)CCc3ccccc3)CC2)CO1. The van der Waals surface area contributed by atoms with Gasteiger partial charge in [0, 0.05) is 26.6 Å². The molecule has 1 atom stereocenters. The number of nitrogens with zero attached hydrogens (tertiary/aromatic N) is 1. The molecule has 2 saturated heterocycles. The lowest BCUT2D eigenvalue weighted by Gasteiger charge is -2.38. The summed E-state index contributed by atoms with van der Waals surface area (Å²) in [6.07, 6.45) is 4.88. The van der Waals surface area contributed by atoms with Crippen LogP contribution in [0.25, 0.3) is 0 Å². The maximum Gasteiger partial charge on any atom is 0.222 e. The molecule has 1 spiro atoms. The van der Waals surface area contributed by atoms with Crippen molar-refractivity contribution in [3.8, 4) is 0 Å². The molecule has 0 aliphatic carbocycles. The molecule has 0 radical (unpaired) electrons. The van der Waals surface area contributed by atoms with Crippen molar-refractivity contribution < 1.29 is 14.3 Å². The fraction of sp³-hybridized carbons (Fsp3) is 0.632. The van der Waals surface area contributed by atoms with Gasteiger partial charge in [-0.3, -0.25) is 4.79 Å². The quantitative estimate of drug-likeness (QED) is 0.838. The summed E-state index contributed by atoms with van der Waals surface area (Å²) in [6, 6.07) is 10.2. The van der Waals surface area contributed by atoms with Gasteiger partial charge in [0.1, 0.15) is 0 Å². The Balaban J connectivity index is 1.44. The highest BCUT2D eigenvalue weighted by Crippen LogP contribution is 2.42. The molecular formula is C19H27NO3. The zero-order valence-electron chi connectivity index (χ0n) is 14.0. The summed E-state index contributed by atoms with van der Waals surface area (Å²) in [6.45, 7) is 3.25. The minimum absolute atomic E-state index is 0.236. The smallest absolute Gasteiger partial charge is 0.222 e. The predicted molar refractivity (Wildman–Crippen MR) is 89.2 cm³/mol. The Kier molecular flexibility index (Phi) is 5.34. The van der Waals surface area contributed by atoms with Crippen LogP contribution in [-0.4, -0.2) is 50.3 Å². The molecule has 3 rings (SSSR count). The first kappa shape index (κ1) is 16.5. The van der Waals surface area contributed by atoms with E-state index in [2.05, 4.69) is 12.1 Å². The lowest BCUT2D eigenvalue weighted by atomic mass is 9.76. The highest BCUT2D eigenvalue weighted by Gasteiger charge is 2.42. The summed E-state index contributed by atoms with van der Waals surface area (Å²) in [5, 5.41) is 0. The Morgan fingerprint density at radius 2 is 2.04 bits per heavy atom. The Bertz CT molecular complexity index is 509. The van der Waals surface area contributed by atoms with E-state index in [1.165, 1.54) is 5.56 Å². The van der Waals surface area contributed by atoms with Gasteiger partial charge in [0.2, 0.25) is 5.91 Å². The van der Waals surface area contributed by atoms with Gasteiger partial charge >= 0.3 is 0 Å². The first-order valence-corrected chi connectivity index (χ1v) is 8.63. The Hall–Kier alpha value is -1.39. The maximum absolute atomic E-state index is 12.4. The number of likely N-dealkylation sites (tertiary alicyclic amines) is 1. The van der Waals surface area contributed by atoms with Crippen LogP contribution in [-0.2, 0) is 20.7 Å². The average Bonchev–Trinajstić information content (AvgIpc) is 2.97. The Labute approximate surface area is 138 Å². The van der Waals surface area contributed by atoms with Gasteiger partial charge in [0.25, 0.3) is 0 Å². The molecule has 23 heavy (non-hydrogen) atoms. The van der Waals surface area contributed by atoms with Crippen LogP contribution in [0.4, 0.5) is 0 Å². The molecule has 1 aromatic rings. The third kappa shape index (κ3) is 4.12. The zero-order valence-corrected chi connectivity index (χ0v) is 14.0. The van der Waals surface area contributed by atoms with E-state index in [9.17, 15) is 4.79 Å². The molecular weight excluding hydrogens is 290 g/mol. The number of hydrogen-bond acceptors (Lipinski definition) is 3. The van der Waals surface area contributed by atoms with Gasteiger partial charge in [0.15, 0.2) is 0 Å². The molecule has 2 aliphatic rings. The van der Waals surface area contributed by atoms with Crippen LogP contribution in [0.3, 0.4) is 0 Å². The number of piperidine rings is 1. The highest BCUT2D eigenvalue weighted by atomic mass is 16.5. The fourth-order valence-electron chi connectivity index (χ4n) is 3.82.